The summed E-state index contributed by atoms with van der Waals surface area (Å²) in [5, 5.41) is 0. The first-order valence-electron chi connectivity index (χ1n) is 9.10. The SMILES string of the molecule is C[C@@H]1CC[C@@H](C)N(C(=O)c2ccnc(N3CCCC[C@@H]3C)c2)C1. The molecule has 23 heavy (non-hydrogen) atoms. The van der Waals surface area contributed by atoms with Crippen molar-refractivity contribution in [3.8, 4) is 0 Å². The van der Waals surface area contributed by atoms with Crippen molar-refractivity contribution in [2.75, 3.05) is 18.0 Å². The molecule has 0 N–H and O–H groups in total. The first-order chi connectivity index (χ1) is 11.1. The summed E-state index contributed by atoms with van der Waals surface area (Å²) >= 11 is 0. The van der Waals surface area contributed by atoms with Crippen LogP contribution in [0.1, 0.15) is 63.2 Å². The Bertz CT molecular complexity index is 559. The predicted octanol–water partition coefficient (Wildman–Crippen LogP) is 3.72. The van der Waals surface area contributed by atoms with E-state index in [1.54, 1.807) is 6.20 Å². The van der Waals surface area contributed by atoms with Crippen molar-refractivity contribution in [3.05, 3.63) is 23.9 Å². The van der Waals surface area contributed by atoms with Crippen LogP contribution in [0.4, 0.5) is 5.82 Å². The Morgan fingerprint density at radius 1 is 1.13 bits per heavy atom. The van der Waals surface area contributed by atoms with Gasteiger partial charge >= 0.3 is 0 Å². The van der Waals surface area contributed by atoms with E-state index in [4.69, 9.17) is 0 Å². The molecule has 1 aromatic heterocycles. The molecule has 2 saturated heterocycles. The highest BCUT2D eigenvalue weighted by molar-refractivity contribution is 5.95. The Kier molecular flexibility index (Phi) is 4.88. The van der Waals surface area contributed by atoms with Crippen LogP contribution in [-0.4, -0.2) is 41.0 Å². The summed E-state index contributed by atoms with van der Waals surface area (Å²) in [6.45, 7) is 8.57. The minimum atomic E-state index is 0.164. The van der Waals surface area contributed by atoms with Gasteiger partial charge in [-0.3, -0.25) is 4.79 Å². The average Bonchev–Trinajstić information content (AvgIpc) is 2.57. The third kappa shape index (κ3) is 3.51. The highest BCUT2D eigenvalue weighted by Crippen LogP contribution is 2.26. The molecule has 0 saturated carbocycles. The van der Waals surface area contributed by atoms with Crippen LogP contribution in [0.5, 0.6) is 0 Å². The van der Waals surface area contributed by atoms with Gasteiger partial charge in [0.1, 0.15) is 5.82 Å². The molecule has 1 aromatic rings. The Morgan fingerprint density at radius 2 is 1.96 bits per heavy atom. The van der Waals surface area contributed by atoms with E-state index in [1.807, 2.05) is 17.0 Å². The number of hydrogen-bond donors (Lipinski definition) is 0. The fraction of sp³-hybridized carbons (Fsp3) is 0.684. The Balaban J connectivity index is 1.80. The van der Waals surface area contributed by atoms with Gasteiger partial charge in [0.05, 0.1) is 0 Å². The van der Waals surface area contributed by atoms with Gasteiger partial charge in [0.15, 0.2) is 0 Å². The molecule has 1 amide bonds. The molecular weight excluding hydrogens is 286 g/mol. The van der Waals surface area contributed by atoms with Crippen molar-refractivity contribution in [2.24, 2.45) is 5.92 Å². The molecule has 2 aliphatic heterocycles. The van der Waals surface area contributed by atoms with Gasteiger partial charge in [0, 0.05) is 36.9 Å². The van der Waals surface area contributed by atoms with Gasteiger partial charge in [-0.25, -0.2) is 4.98 Å². The molecule has 2 aliphatic rings. The van der Waals surface area contributed by atoms with Crippen LogP contribution in [-0.2, 0) is 0 Å². The minimum absolute atomic E-state index is 0.164. The third-order valence-electron chi connectivity index (χ3n) is 5.47. The van der Waals surface area contributed by atoms with Crippen LogP contribution in [0.25, 0.3) is 0 Å². The number of carbonyl (C=O) groups is 1. The lowest BCUT2D eigenvalue weighted by molar-refractivity contribution is 0.0574. The van der Waals surface area contributed by atoms with E-state index in [1.165, 1.54) is 25.7 Å². The smallest absolute Gasteiger partial charge is 0.254 e. The van der Waals surface area contributed by atoms with E-state index in [0.717, 1.165) is 30.9 Å². The molecule has 3 rings (SSSR count). The molecule has 2 fully saturated rings. The summed E-state index contributed by atoms with van der Waals surface area (Å²) in [6.07, 6.45) is 7.83. The number of rotatable bonds is 2. The predicted molar refractivity (Wildman–Crippen MR) is 93.8 cm³/mol. The van der Waals surface area contributed by atoms with E-state index in [0.29, 0.717) is 18.0 Å². The van der Waals surface area contributed by atoms with Gasteiger partial charge in [-0.1, -0.05) is 6.92 Å². The van der Waals surface area contributed by atoms with Crippen molar-refractivity contribution in [2.45, 2.75) is 65.0 Å². The van der Waals surface area contributed by atoms with Gasteiger partial charge in [-0.2, -0.15) is 0 Å². The fourth-order valence-corrected chi connectivity index (χ4v) is 3.88. The van der Waals surface area contributed by atoms with Gasteiger partial charge in [0.25, 0.3) is 5.91 Å². The number of pyridine rings is 1. The zero-order chi connectivity index (χ0) is 16.4. The topological polar surface area (TPSA) is 36.4 Å². The van der Waals surface area contributed by atoms with Crippen molar-refractivity contribution in [3.63, 3.8) is 0 Å². The van der Waals surface area contributed by atoms with Gasteiger partial charge in [-0.05, 0) is 64.0 Å². The highest BCUT2D eigenvalue weighted by Gasteiger charge is 2.28. The molecule has 126 valence electrons. The maximum absolute atomic E-state index is 13.0. The molecule has 3 atom stereocenters. The number of carbonyl (C=O) groups excluding carboxylic acids is 1. The Hall–Kier alpha value is -1.58. The summed E-state index contributed by atoms with van der Waals surface area (Å²) in [4.78, 5) is 21.9. The zero-order valence-corrected chi connectivity index (χ0v) is 14.7. The number of amides is 1. The summed E-state index contributed by atoms with van der Waals surface area (Å²) in [5.41, 5.74) is 0.786. The fourth-order valence-electron chi connectivity index (χ4n) is 3.88. The summed E-state index contributed by atoms with van der Waals surface area (Å²) < 4.78 is 0. The van der Waals surface area contributed by atoms with Gasteiger partial charge < -0.3 is 9.80 Å². The van der Waals surface area contributed by atoms with Gasteiger partial charge in [-0.15, -0.1) is 0 Å². The maximum atomic E-state index is 13.0. The molecule has 0 unspecified atom stereocenters. The average molecular weight is 315 g/mol. The molecule has 0 aliphatic carbocycles. The quantitative estimate of drug-likeness (QED) is 0.834. The lowest BCUT2D eigenvalue weighted by atomic mass is 9.94. The molecule has 0 bridgehead atoms. The molecule has 4 nitrogen and oxygen atoms in total. The monoisotopic (exact) mass is 315 g/mol. The Labute approximate surface area is 139 Å². The highest BCUT2D eigenvalue weighted by atomic mass is 16.2. The number of piperidine rings is 2. The van der Waals surface area contributed by atoms with E-state index < -0.39 is 0 Å². The molecule has 0 spiro atoms. The standard InChI is InChI=1S/C19H29N3O/c1-14-7-8-16(3)22(13-14)19(23)17-9-10-20-18(12-17)21-11-5-4-6-15(21)2/h9-10,12,14-16H,4-8,11,13H2,1-3H3/t14-,15+,16-/m1/s1. The normalized spacial score (nSPS) is 28.7. The lowest BCUT2D eigenvalue weighted by Crippen LogP contribution is -2.45. The van der Waals surface area contributed by atoms with Crippen molar-refractivity contribution < 1.29 is 4.79 Å². The van der Waals surface area contributed by atoms with E-state index in [9.17, 15) is 4.79 Å². The number of nitrogens with zero attached hydrogens (tertiary/aromatic N) is 3. The number of aromatic nitrogens is 1. The summed E-state index contributed by atoms with van der Waals surface area (Å²) in [6, 6.07) is 4.71. The number of likely N-dealkylation sites (tertiary alicyclic amines) is 1. The van der Waals surface area contributed by atoms with E-state index >= 15 is 0 Å². The third-order valence-corrected chi connectivity index (χ3v) is 5.47. The first kappa shape index (κ1) is 16.3. The number of anilines is 1. The van der Waals surface area contributed by atoms with Crippen LogP contribution >= 0.6 is 0 Å². The first-order valence-corrected chi connectivity index (χ1v) is 9.10. The van der Waals surface area contributed by atoms with Crippen LogP contribution < -0.4 is 4.90 Å². The molecule has 0 aromatic carbocycles. The van der Waals surface area contributed by atoms with Crippen LogP contribution in [0, 0.1) is 5.92 Å². The second-order valence-corrected chi connectivity index (χ2v) is 7.43. The summed E-state index contributed by atoms with van der Waals surface area (Å²) in [7, 11) is 0. The molecule has 3 heterocycles. The zero-order valence-electron chi connectivity index (χ0n) is 14.7. The van der Waals surface area contributed by atoms with Crippen LogP contribution in [0.3, 0.4) is 0 Å². The number of hydrogen-bond acceptors (Lipinski definition) is 3. The minimum Gasteiger partial charge on any atom is -0.354 e. The molecule has 4 heteroatoms. The summed E-state index contributed by atoms with van der Waals surface area (Å²) in [5.74, 6) is 1.72. The second kappa shape index (κ2) is 6.90. The molecule has 0 radical (unpaired) electrons. The van der Waals surface area contributed by atoms with E-state index in [-0.39, 0.29) is 5.91 Å². The molecular formula is C19H29N3O. The van der Waals surface area contributed by atoms with Gasteiger partial charge in [0.2, 0.25) is 0 Å². The largest absolute Gasteiger partial charge is 0.354 e. The lowest BCUT2D eigenvalue weighted by Gasteiger charge is -2.37. The van der Waals surface area contributed by atoms with Crippen LogP contribution in [0.2, 0.25) is 0 Å². The maximum Gasteiger partial charge on any atom is 0.254 e. The van der Waals surface area contributed by atoms with Crippen molar-refractivity contribution >= 4 is 11.7 Å². The Morgan fingerprint density at radius 3 is 2.74 bits per heavy atom. The van der Waals surface area contributed by atoms with Crippen LogP contribution in [0.15, 0.2) is 18.3 Å². The van der Waals surface area contributed by atoms with Crippen molar-refractivity contribution in [1.82, 2.24) is 9.88 Å². The van der Waals surface area contributed by atoms with E-state index in [2.05, 4.69) is 30.7 Å². The second-order valence-electron chi connectivity index (χ2n) is 7.43. The van der Waals surface area contributed by atoms with Crippen molar-refractivity contribution in [1.29, 1.82) is 0 Å².